The zero-order chi connectivity index (χ0) is 13.3. The molecule has 0 amide bonds. The second-order valence-electron chi connectivity index (χ2n) is 5.58. The van der Waals surface area contributed by atoms with Crippen LogP contribution >= 0.6 is 11.8 Å². The Kier molecular flexibility index (Phi) is 3.54. The highest BCUT2D eigenvalue weighted by atomic mass is 32.2. The molecule has 4 heteroatoms. The van der Waals surface area contributed by atoms with Gasteiger partial charge in [0.2, 0.25) is 0 Å². The normalized spacial score (nSPS) is 23.3. The second kappa shape index (κ2) is 5.17. The first-order valence-corrected chi connectivity index (χ1v) is 7.94. The molecule has 3 nitrogen and oxygen atoms in total. The largest absolute Gasteiger partial charge is 0.310 e. The summed E-state index contributed by atoms with van der Waals surface area (Å²) in [6, 6.07) is 6.16. The Morgan fingerprint density at radius 2 is 2.37 bits per heavy atom. The summed E-state index contributed by atoms with van der Waals surface area (Å²) in [6.45, 7) is 6.44. The summed E-state index contributed by atoms with van der Waals surface area (Å²) < 4.78 is 2.61. The molecule has 1 saturated heterocycles. The van der Waals surface area contributed by atoms with Gasteiger partial charge in [-0.15, -0.1) is 0 Å². The maximum atomic E-state index is 4.60. The van der Waals surface area contributed by atoms with Gasteiger partial charge >= 0.3 is 0 Å². The predicted octanol–water partition coefficient (Wildman–Crippen LogP) is 3.02. The standard InChI is InChI=1S/C15H21N3S/c1-12-13(18-8-4-3-6-14(18)17-12)10-16-11-15(2)7-5-9-19-15/h3-4,6,8,16H,5,7,9-11H2,1-2H3. The lowest BCUT2D eigenvalue weighted by Gasteiger charge is -2.23. The lowest BCUT2D eigenvalue weighted by Crippen LogP contribution is -2.32. The molecule has 1 fully saturated rings. The Bertz CT molecular complexity index is 570. The van der Waals surface area contributed by atoms with Crippen LogP contribution in [0.2, 0.25) is 0 Å². The molecule has 1 atom stereocenters. The van der Waals surface area contributed by atoms with Crippen molar-refractivity contribution >= 4 is 17.4 Å². The van der Waals surface area contributed by atoms with Crippen LogP contribution in [0, 0.1) is 6.92 Å². The molecule has 3 heterocycles. The van der Waals surface area contributed by atoms with Gasteiger partial charge in [-0.25, -0.2) is 4.98 Å². The van der Waals surface area contributed by atoms with Crippen molar-refractivity contribution in [3.8, 4) is 0 Å². The topological polar surface area (TPSA) is 29.3 Å². The molecule has 0 radical (unpaired) electrons. The van der Waals surface area contributed by atoms with Crippen LogP contribution in [0.5, 0.6) is 0 Å². The van der Waals surface area contributed by atoms with Gasteiger partial charge in [0.25, 0.3) is 0 Å². The smallest absolute Gasteiger partial charge is 0.137 e. The van der Waals surface area contributed by atoms with Crippen molar-refractivity contribution in [2.24, 2.45) is 0 Å². The number of hydrogen-bond donors (Lipinski definition) is 1. The maximum Gasteiger partial charge on any atom is 0.137 e. The van der Waals surface area contributed by atoms with Crippen molar-refractivity contribution in [2.45, 2.75) is 38.0 Å². The molecular formula is C15H21N3S. The summed E-state index contributed by atoms with van der Waals surface area (Å²) in [4.78, 5) is 4.60. The van der Waals surface area contributed by atoms with Gasteiger partial charge in [-0.3, -0.25) is 0 Å². The van der Waals surface area contributed by atoms with Crippen LogP contribution in [-0.2, 0) is 6.54 Å². The van der Waals surface area contributed by atoms with E-state index in [1.165, 1.54) is 24.3 Å². The molecule has 1 aliphatic heterocycles. The Hall–Kier alpha value is -1.00. The predicted molar refractivity (Wildman–Crippen MR) is 81.7 cm³/mol. The lowest BCUT2D eigenvalue weighted by atomic mass is 10.1. The van der Waals surface area contributed by atoms with Crippen molar-refractivity contribution in [3.05, 3.63) is 35.8 Å². The molecule has 0 aromatic carbocycles. The summed E-state index contributed by atoms with van der Waals surface area (Å²) >= 11 is 2.10. The Balaban J connectivity index is 1.70. The molecule has 0 spiro atoms. The SMILES string of the molecule is Cc1nc2ccccn2c1CNCC1(C)CCCS1. The lowest BCUT2D eigenvalue weighted by molar-refractivity contribution is 0.532. The first-order valence-electron chi connectivity index (χ1n) is 6.95. The van der Waals surface area contributed by atoms with Gasteiger partial charge in [0, 0.05) is 24.0 Å². The van der Waals surface area contributed by atoms with Crippen LogP contribution in [0.4, 0.5) is 0 Å². The minimum atomic E-state index is 0.425. The number of hydrogen-bond acceptors (Lipinski definition) is 3. The van der Waals surface area contributed by atoms with E-state index in [1.54, 1.807) is 0 Å². The summed E-state index contributed by atoms with van der Waals surface area (Å²) in [5.74, 6) is 1.31. The van der Waals surface area contributed by atoms with Gasteiger partial charge < -0.3 is 9.72 Å². The molecule has 0 aliphatic carbocycles. The molecule has 0 saturated carbocycles. The highest BCUT2D eigenvalue weighted by molar-refractivity contribution is 8.00. The van der Waals surface area contributed by atoms with E-state index in [0.29, 0.717) is 4.75 Å². The first kappa shape index (κ1) is 13.0. The van der Waals surface area contributed by atoms with Crippen molar-refractivity contribution in [3.63, 3.8) is 0 Å². The number of pyridine rings is 1. The number of rotatable bonds is 4. The number of imidazole rings is 1. The molecule has 0 bridgehead atoms. The summed E-state index contributed by atoms with van der Waals surface area (Å²) in [5.41, 5.74) is 3.45. The fourth-order valence-electron chi connectivity index (χ4n) is 2.80. The minimum Gasteiger partial charge on any atom is -0.310 e. The van der Waals surface area contributed by atoms with Gasteiger partial charge in [-0.1, -0.05) is 6.07 Å². The fraction of sp³-hybridized carbons (Fsp3) is 0.533. The minimum absolute atomic E-state index is 0.425. The number of thioether (sulfide) groups is 1. The third-order valence-electron chi connectivity index (χ3n) is 3.92. The van der Waals surface area contributed by atoms with Gasteiger partial charge in [0.1, 0.15) is 5.65 Å². The first-order chi connectivity index (χ1) is 9.18. The average Bonchev–Trinajstić information content (AvgIpc) is 2.95. The zero-order valence-electron chi connectivity index (χ0n) is 11.6. The third kappa shape index (κ3) is 2.65. The molecule has 1 unspecified atom stereocenters. The summed E-state index contributed by atoms with van der Waals surface area (Å²) in [5, 5.41) is 3.62. The third-order valence-corrected chi connectivity index (χ3v) is 5.46. The van der Waals surface area contributed by atoms with E-state index in [9.17, 15) is 0 Å². The number of aromatic nitrogens is 2. The van der Waals surface area contributed by atoms with Gasteiger partial charge in [0.05, 0.1) is 11.4 Å². The molecular weight excluding hydrogens is 254 g/mol. The Labute approximate surface area is 118 Å². The second-order valence-corrected chi connectivity index (χ2v) is 7.26. The Morgan fingerprint density at radius 3 is 3.16 bits per heavy atom. The molecule has 2 aromatic heterocycles. The molecule has 3 rings (SSSR count). The van der Waals surface area contributed by atoms with Crippen LogP contribution in [0.15, 0.2) is 24.4 Å². The monoisotopic (exact) mass is 275 g/mol. The van der Waals surface area contributed by atoms with E-state index in [1.807, 2.05) is 6.07 Å². The molecule has 2 aromatic rings. The van der Waals surface area contributed by atoms with Crippen LogP contribution in [-0.4, -0.2) is 26.4 Å². The molecule has 1 N–H and O–H groups in total. The van der Waals surface area contributed by atoms with Gasteiger partial charge in [0.15, 0.2) is 0 Å². The van der Waals surface area contributed by atoms with E-state index in [4.69, 9.17) is 0 Å². The number of aryl methyl sites for hydroxylation is 1. The number of nitrogens with one attached hydrogen (secondary N) is 1. The molecule has 19 heavy (non-hydrogen) atoms. The fourth-order valence-corrected chi connectivity index (χ4v) is 4.07. The van der Waals surface area contributed by atoms with E-state index in [2.05, 4.69) is 58.6 Å². The number of nitrogens with zero attached hydrogens (tertiary/aromatic N) is 2. The van der Waals surface area contributed by atoms with Crippen LogP contribution in [0.25, 0.3) is 5.65 Å². The molecule has 1 aliphatic rings. The van der Waals surface area contributed by atoms with Crippen molar-refractivity contribution in [1.82, 2.24) is 14.7 Å². The van der Waals surface area contributed by atoms with E-state index in [-0.39, 0.29) is 0 Å². The average molecular weight is 275 g/mol. The van der Waals surface area contributed by atoms with Crippen molar-refractivity contribution < 1.29 is 0 Å². The summed E-state index contributed by atoms with van der Waals surface area (Å²) in [7, 11) is 0. The highest BCUT2D eigenvalue weighted by Crippen LogP contribution is 2.37. The zero-order valence-corrected chi connectivity index (χ0v) is 12.5. The van der Waals surface area contributed by atoms with Gasteiger partial charge in [-0.2, -0.15) is 11.8 Å². The van der Waals surface area contributed by atoms with Gasteiger partial charge in [-0.05, 0) is 44.6 Å². The van der Waals surface area contributed by atoms with E-state index < -0.39 is 0 Å². The van der Waals surface area contributed by atoms with Crippen molar-refractivity contribution in [2.75, 3.05) is 12.3 Å². The van der Waals surface area contributed by atoms with Crippen molar-refractivity contribution in [1.29, 1.82) is 0 Å². The maximum absolute atomic E-state index is 4.60. The highest BCUT2D eigenvalue weighted by Gasteiger charge is 2.28. The van der Waals surface area contributed by atoms with Crippen LogP contribution in [0.3, 0.4) is 0 Å². The van der Waals surface area contributed by atoms with Crippen LogP contribution < -0.4 is 5.32 Å². The summed E-state index contributed by atoms with van der Waals surface area (Å²) in [6.07, 6.45) is 4.78. The molecule has 102 valence electrons. The van der Waals surface area contributed by atoms with E-state index in [0.717, 1.165) is 24.4 Å². The van der Waals surface area contributed by atoms with E-state index >= 15 is 0 Å². The Morgan fingerprint density at radius 1 is 1.47 bits per heavy atom. The van der Waals surface area contributed by atoms with Crippen LogP contribution in [0.1, 0.15) is 31.2 Å². The quantitative estimate of drug-likeness (QED) is 0.930. The number of fused-ring (bicyclic) bond motifs is 1.